The first-order valence-electron chi connectivity index (χ1n) is 15.8. The highest BCUT2D eigenvalue weighted by atomic mass is 35.5. The van der Waals surface area contributed by atoms with Crippen LogP contribution in [0.5, 0.6) is 0 Å². The molecule has 0 saturated heterocycles. The average molecular weight is 767 g/mol. The van der Waals surface area contributed by atoms with Gasteiger partial charge in [-0.3, -0.25) is 13.9 Å². The highest BCUT2D eigenvalue weighted by molar-refractivity contribution is 7.92. The number of sulfonamides is 1. The van der Waals surface area contributed by atoms with Crippen LogP contribution in [-0.2, 0) is 38.8 Å². The van der Waals surface area contributed by atoms with Crippen molar-refractivity contribution in [2.45, 2.75) is 61.8 Å². The lowest BCUT2D eigenvalue weighted by Crippen LogP contribution is -2.54. The van der Waals surface area contributed by atoms with Gasteiger partial charge in [-0.2, -0.15) is 13.2 Å². The van der Waals surface area contributed by atoms with Crippen molar-refractivity contribution >= 4 is 62.3 Å². The number of hydrogen-bond donors (Lipinski definition) is 1. The van der Waals surface area contributed by atoms with E-state index in [0.717, 1.165) is 37.8 Å². The molecule has 1 aliphatic carbocycles. The Morgan fingerprint density at radius 3 is 2.10 bits per heavy atom. The quantitative estimate of drug-likeness (QED) is 0.157. The van der Waals surface area contributed by atoms with Crippen molar-refractivity contribution in [3.05, 3.63) is 129 Å². The summed E-state index contributed by atoms with van der Waals surface area (Å²) < 4.78 is 70.6. The Hall–Kier alpha value is -3.77. The number of nitrogens with one attached hydrogen (secondary N) is 1. The van der Waals surface area contributed by atoms with Crippen molar-refractivity contribution in [2.75, 3.05) is 10.8 Å². The van der Waals surface area contributed by atoms with Crippen LogP contribution in [0, 0.1) is 0 Å². The normalized spacial score (nSPS) is 14.3. The van der Waals surface area contributed by atoms with E-state index >= 15 is 0 Å². The summed E-state index contributed by atoms with van der Waals surface area (Å²) in [7, 11) is -4.69. The number of carbonyl (C=O) groups is 2. The number of halogens is 6. The summed E-state index contributed by atoms with van der Waals surface area (Å²) in [6.07, 6.45) is -1.41. The molecule has 1 saturated carbocycles. The second kappa shape index (κ2) is 16.1. The minimum atomic E-state index is -4.85. The third-order valence-corrected chi connectivity index (χ3v) is 11.2. The fourth-order valence-corrected chi connectivity index (χ4v) is 8.05. The minimum absolute atomic E-state index is 0.0477. The molecule has 264 valence electrons. The van der Waals surface area contributed by atoms with Crippen LogP contribution in [0.15, 0.2) is 102 Å². The molecule has 5 rings (SSSR count). The van der Waals surface area contributed by atoms with E-state index in [1.807, 2.05) is 0 Å². The minimum Gasteiger partial charge on any atom is -0.352 e. The maximum absolute atomic E-state index is 14.7. The number of benzene rings is 4. The number of rotatable bonds is 12. The molecular formula is C36H33Cl3F3N3O4S. The van der Waals surface area contributed by atoms with Crippen LogP contribution < -0.4 is 9.62 Å². The van der Waals surface area contributed by atoms with Crippen molar-refractivity contribution in [2.24, 2.45) is 0 Å². The highest BCUT2D eigenvalue weighted by Gasteiger charge is 2.38. The van der Waals surface area contributed by atoms with Crippen LogP contribution in [0.4, 0.5) is 18.9 Å². The van der Waals surface area contributed by atoms with E-state index < -0.39 is 51.9 Å². The molecule has 7 nitrogen and oxygen atoms in total. The maximum atomic E-state index is 14.7. The Balaban J connectivity index is 1.63. The van der Waals surface area contributed by atoms with E-state index in [1.54, 1.807) is 48.5 Å². The molecule has 1 fully saturated rings. The topological polar surface area (TPSA) is 86.8 Å². The monoisotopic (exact) mass is 765 g/mol. The van der Waals surface area contributed by atoms with Crippen LogP contribution in [-0.4, -0.2) is 43.8 Å². The van der Waals surface area contributed by atoms with Gasteiger partial charge >= 0.3 is 6.18 Å². The third-order valence-electron chi connectivity index (χ3n) is 8.48. The van der Waals surface area contributed by atoms with E-state index in [1.165, 1.54) is 35.2 Å². The largest absolute Gasteiger partial charge is 0.416 e. The van der Waals surface area contributed by atoms with Crippen molar-refractivity contribution in [3.63, 3.8) is 0 Å². The van der Waals surface area contributed by atoms with Gasteiger partial charge in [0, 0.05) is 29.1 Å². The van der Waals surface area contributed by atoms with Gasteiger partial charge < -0.3 is 10.2 Å². The van der Waals surface area contributed by atoms with Crippen LogP contribution >= 0.6 is 34.8 Å². The van der Waals surface area contributed by atoms with E-state index in [9.17, 15) is 31.2 Å². The van der Waals surface area contributed by atoms with Gasteiger partial charge in [-0.05, 0) is 66.4 Å². The van der Waals surface area contributed by atoms with Crippen LogP contribution in [0.2, 0.25) is 15.1 Å². The maximum Gasteiger partial charge on any atom is 0.416 e. The smallest absolute Gasteiger partial charge is 0.352 e. The molecule has 1 aliphatic rings. The lowest BCUT2D eigenvalue weighted by Gasteiger charge is -2.34. The van der Waals surface area contributed by atoms with E-state index in [-0.39, 0.29) is 33.9 Å². The molecule has 4 aromatic rings. The summed E-state index contributed by atoms with van der Waals surface area (Å²) in [5, 5.41) is 3.24. The predicted molar refractivity (Wildman–Crippen MR) is 189 cm³/mol. The van der Waals surface area contributed by atoms with Gasteiger partial charge in [0.25, 0.3) is 10.0 Å². The first-order valence-corrected chi connectivity index (χ1v) is 18.3. The summed E-state index contributed by atoms with van der Waals surface area (Å²) in [6, 6.07) is 21.5. The first-order chi connectivity index (χ1) is 23.7. The number of anilines is 1. The van der Waals surface area contributed by atoms with Crippen molar-refractivity contribution in [3.8, 4) is 0 Å². The number of amides is 2. The summed E-state index contributed by atoms with van der Waals surface area (Å²) in [6.45, 7) is -1.24. The molecule has 0 heterocycles. The molecule has 14 heteroatoms. The second-order valence-electron chi connectivity index (χ2n) is 11.9. The molecule has 4 aromatic carbocycles. The zero-order valence-corrected chi connectivity index (χ0v) is 29.6. The van der Waals surface area contributed by atoms with Crippen molar-refractivity contribution < 1.29 is 31.2 Å². The molecule has 1 N–H and O–H groups in total. The number of carbonyl (C=O) groups excluding carboxylic acids is 2. The van der Waals surface area contributed by atoms with Gasteiger partial charge in [-0.15, -0.1) is 0 Å². The molecule has 0 aromatic heterocycles. The number of alkyl halides is 3. The van der Waals surface area contributed by atoms with Crippen LogP contribution in [0.3, 0.4) is 0 Å². The summed E-state index contributed by atoms with van der Waals surface area (Å²) in [4.78, 5) is 29.7. The molecule has 0 aliphatic heterocycles. The molecular weight excluding hydrogens is 734 g/mol. The molecule has 0 unspecified atom stereocenters. The van der Waals surface area contributed by atoms with Gasteiger partial charge in [0.2, 0.25) is 11.8 Å². The Kier molecular flexibility index (Phi) is 12.0. The average Bonchev–Trinajstić information content (AvgIpc) is 3.59. The van der Waals surface area contributed by atoms with Gasteiger partial charge in [0.05, 0.1) is 21.2 Å². The van der Waals surface area contributed by atoms with Gasteiger partial charge in [0.15, 0.2) is 0 Å². The molecule has 2 amide bonds. The van der Waals surface area contributed by atoms with Crippen molar-refractivity contribution in [1.29, 1.82) is 0 Å². The Bertz CT molecular complexity index is 1930. The summed E-state index contributed by atoms with van der Waals surface area (Å²) in [5.41, 5.74) is -0.599. The summed E-state index contributed by atoms with van der Waals surface area (Å²) >= 11 is 19.1. The van der Waals surface area contributed by atoms with Gasteiger partial charge in [0.1, 0.15) is 12.6 Å². The lowest BCUT2D eigenvalue weighted by atomic mass is 10.0. The SMILES string of the molecule is O=C(NC1CCCC1)[C@H](Cc1ccccc1)N(Cc1ccc(Cl)cc1Cl)C(=O)CN(c1cc(C(F)(F)F)ccc1Cl)S(=O)(=O)c1ccccc1. The molecule has 50 heavy (non-hydrogen) atoms. The molecule has 1 atom stereocenters. The first kappa shape index (κ1) is 37.5. The third kappa shape index (κ3) is 9.11. The molecule has 0 spiro atoms. The second-order valence-corrected chi connectivity index (χ2v) is 15.1. The standard InChI is InChI=1S/C36H33Cl3F3N3O4S/c37-27-17-15-25(31(39)21-27)22-44(33(19-24-9-3-1-4-10-24)35(47)43-28-11-7-8-12-28)34(46)23-45(50(48,49)29-13-5-2-6-14-29)32-20-26(36(40,41)42)16-18-30(32)38/h1-6,9-10,13-18,20-21,28,33H,7-8,11-12,19,22-23H2,(H,43,47)/t33-/m0/s1. The predicted octanol–water partition coefficient (Wildman–Crippen LogP) is 8.56. The van der Waals surface area contributed by atoms with Crippen LogP contribution in [0.1, 0.15) is 42.4 Å². The Morgan fingerprint density at radius 2 is 1.48 bits per heavy atom. The zero-order chi connectivity index (χ0) is 36.1. The summed E-state index contributed by atoms with van der Waals surface area (Å²) in [5.74, 6) is -1.35. The number of nitrogens with zero attached hydrogens (tertiary/aromatic N) is 2. The lowest BCUT2D eigenvalue weighted by molar-refractivity contribution is -0.140. The van der Waals surface area contributed by atoms with E-state index in [0.29, 0.717) is 26.5 Å². The Labute approximate surface area is 304 Å². The van der Waals surface area contributed by atoms with Gasteiger partial charge in [-0.25, -0.2) is 8.42 Å². The molecule has 0 bridgehead atoms. The zero-order valence-electron chi connectivity index (χ0n) is 26.5. The Morgan fingerprint density at radius 1 is 0.840 bits per heavy atom. The van der Waals surface area contributed by atoms with Crippen LogP contribution in [0.25, 0.3) is 0 Å². The highest BCUT2D eigenvalue weighted by Crippen LogP contribution is 2.38. The number of hydrogen-bond acceptors (Lipinski definition) is 4. The van der Waals surface area contributed by atoms with Gasteiger partial charge in [-0.1, -0.05) is 102 Å². The van der Waals surface area contributed by atoms with Crippen molar-refractivity contribution in [1.82, 2.24) is 10.2 Å². The van der Waals surface area contributed by atoms with E-state index in [2.05, 4.69) is 5.32 Å². The fourth-order valence-electron chi connectivity index (χ4n) is 5.87. The fraction of sp³-hybridized carbons (Fsp3) is 0.278. The van der Waals surface area contributed by atoms with E-state index in [4.69, 9.17) is 34.8 Å². The molecule has 0 radical (unpaired) electrons.